The van der Waals surface area contributed by atoms with Crippen LogP contribution in [0.4, 0.5) is 4.79 Å². The zero-order valence-electron chi connectivity index (χ0n) is 12.7. The lowest BCUT2D eigenvalue weighted by Gasteiger charge is -2.23. The summed E-state index contributed by atoms with van der Waals surface area (Å²) in [7, 11) is 1.78. The highest BCUT2D eigenvalue weighted by Gasteiger charge is 2.45. The van der Waals surface area contributed by atoms with Crippen LogP contribution in [0.25, 0.3) is 0 Å². The predicted octanol–water partition coefficient (Wildman–Crippen LogP) is 1.93. The van der Waals surface area contributed by atoms with Crippen LogP contribution in [-0.2, 0) is 16.1 Å². The van der Waals surface area contributed by atoms with Gasteiger partial charge < -0.3 is 0 Å². The van der Waals surface area contributed by atoms with Crippen LogP contribution in [-0.4, -0.2) is 52.3 Å². The molecule has 0 atom stereocenters. The van der Waals surface area contributed by atoms with E-state index in [1.165, 1.54) is 0 Å². The molecule has 1 aromatic carbocycles. The molecule has 0 spiro atoms. The highest BCUT2D eigenvalue weighted by molar-refractivity contribution is 6.44. The van der Waals surface area contributed by atoms with Crippen LogP contribution in [0.3, 0.4) is 0 Å². The van der Waals surface area contributed by atoms with E-state index in [9.17, 15) is 14.4 Å². The first kappa shape index (κ1) is 16.5. The number of nitrogens with zero attached hydrogens (tertiary/aromatic N) is 3. The molecule has 6 nitrogen and oxygen atoms in total. The molecule has 0 bridgehead atoms. The van der Waals surface area contributed by atoms with Gasteiger partial charge >= 0.3 is 17.8 Å². The summed E-state index contributed by atoms with van der Waals surface area (Å²) in [6.45, 7) is 3.99. The Kier molecular flexibility index (Phi) is 4.83. The minimum absolute atomic E-state index is 0.0647. The van der Waals surface area contributed by atoms with Gasteiger partial charge in [0.1, 0.15) is 0 Å². The quantitative estimate of drug-likeness (QED) is 0.613. The second kappa shape index (κ2) is 6.46. The molecule has 118 valence electrons. The summed E-state index contributed by atoms with van der Waals surface area (Å²) in [5, 5.41) is 0.648. The average Bonchev–Trinajstić information content (AvgIpc) is 2.65. The Labute approximate surface area is 134 Å². The Morgan fingerprint density at radius 1 is 1.09 bits per heavy atom. The van der Waals surface area contributed by atoms with Gasteiger partial charge in [-0.1, -0.05) is 23.7 Å². The maximum atomic E-state index is 12.2. The summed E-state index contributed by atoms with van der Waals surface area (Å²) in [5.41, 5.74) is 0.998. The number of benzene rings is 1. The number of hydrogen-bond acceptors (Lipinski definition) is 4. The largest absolute Gasteiger partial charge is 0.335 e. The van der Waals surface area contributed by atoms with Gasteiger partial charge in [-0.25, -0.2) is 9.69 Å². The van der Waals surface area contributed by atoms with E-state index in [0.29, 0.717) is 11.6 Å². The summed E-state index contributed by atoms with van der Waals surface area (Å²) in [5.74, 6) is -1.54. The lowest BCUT2D eigenvalue weighted by atomic mass is 10.2. The maximum absolute atomic E-state index is 12.2. The molecule has 7 heteroatoms. The summed E-state index contributed by atoms with van der Waals surface area (Å²) >= 11 is 5.83. The molecule has 1 saturated heterocycles. The van der Waals surface area contributed by atoms with Crippen molar-refractivity contribution in [2.24, 2.45) is 0 Å². The SMILES string of the molecule is CC(C)N1C(=O)C(=O)N(CN(C)Cc2ccc(Cl)cc2)C1=O. The van der Waals surface area contributed by atoms with Gasteiger partial charge in [0.15, 0.2) is 0 Å². The molecule has 2 rings (SSSR count). The molecule has 0 radical (unpaired) electrons. The first-order valence-corrected chi connectivity index (χ1v) is 7.31. The molecule has 1 fully saturated rings. The monoisotopic (exact) mass is 323 g/mol. The van der Waals surface area contributed by atoms with E-state index in [-0.39, 0.29) is 12.7 Å². The Morgan fingerprint density at radius 2 is 1.68 bits per heavy atom. The third-order valence-electron chi connectivity index (χ3n) is 3.35. The lowest BCUT2D eigenvalue weighted by Crippen LogP contribution is -2.41. The van der Waals surface area contributed by atoms with E-state index in [4.69, 9.17) is 11.6 Å². The first-order valence-electron chi connectivity index (χ1n) is 6.93. The van der Waals surface area contributed by atoms with E-state index >= 15 is 0 Å². The van der Waals surface area contributed by atoms with Crippen molar-refractivity contribution >= 4 is 29.4 Å². The van der Waals surface area contributed by atoms with E-state index in [2.05, 4.69) is 0 Å². The molecular formula is C15H18ClN3O3. The van der Waals surface area contributed by atoms with Crippen LogP contribution >= 0.6 is 11.6 Å². The van der Waals surface area contributed by atoms with Gasteiger partial charge in [-0.3, -0.25) is 19.4 Å². The fourth-order valence-electron chi connectivity index (χ4n) is 2.30. The molecule has 0 saturated carbocycles. The molecule has 1 aliphatic rings. The van der Waals surface area contributed by atoms with Crippen LogP contribution in [0.2, 0.25) is 5.02 Å². The van der Waals surface area contributed by atoms with Crippen molar-refractivity contribution in [2.45, 2.75) is 26.4 Å². The van der Waals surface area contributed by atoms with E-state index in [1.54, 1.807) is 37.9 Å². The molecule has 1 aliphatic heterocycles. The van der Waals surface area contributed by atoms with Gasteiger partial charge in [0, 0.05) is 17.6 Å². The Bertz CT molecular complexity index is 601. The highest BCUT2D eigenvalue weighted by atomic mass is 35.5. The fourth-order valence-corrected chi connectivity index (χ4v) is 2.42. The smallest absolute Gasteiger partial charge is 0.284 e. The van der Waals surface area contributed by atoms with Gasteiger partial charge in [-0.15, -0.1) is 0 Å². The highest BCUT2D eigenvalue weighted by Crippen LogP contribution is 2.16. The molecule has 1 heterocycles. The predicted molar refractivity (Wildman–Crippen MR) is 82.0 cm³/mol. The Morgan fingerprint density at radius 3 is 2.18 bits per heavy atom. The van der Waals surface area contributed by atoms with E-state index < -0.39 is 17.8 Å². The van der Waals surface area contributed by atoms with Crippen molar-refractivity contribution in [3.8, 4) is 0 Å². The normalized spacial score (nSPS) is 15.6. The van der Waals surface area contributed by atoms with Gasteiger partial charge in [0.2, 0.25) is 0 Å². The zero-order chi connectivity index (χ0) is 16.4. The second-order valence-electron chi connectivity index (χ2n) is 5.57. The van der Waals surface area contributed by atoms with E-state index in [0.717, 1.165) is 15.4 Å². The number of carbonyl (C=O) groups excluding carboxylic acids is 3. The van der Waals surface area contributed by atoms with Crippen LogP contribution in [0.15, 0.2) is 24.3 Å². The first-order chi connectivity index (χ1) is 10.3. The van der Waals surface area contributed by atoms with E-state index in [1.807, 2.05) is 12.1 Å². The molecule has 0 N–H and O–H groups in total. The van der Waals surface area contributed by atoms with Crippen LogP contribution in [0, 0.1) is 0 Å². The summed E-state index contributed by atoms with van der Waals surface area (Å²) < 4.78 is 0. The topological polar surface area (TPSA) is 60.9 Å². The van der Waals surface area contributed by atoms with Gasteiger partial charge in [0.05, 0.1) is 6.67 Å². The standard InChI is InChI=1S/C15H18ClN3O3/c1-10(2)19-14(21)13(20)18(15(19)22)9-17(3)8-11-4-6-12(16)7-5-11/h4-7,10H,8-9H2,1-3H3. The van der Waals surface area contributed by atoms with Gasteiger partial charge in [-0.05, 0) is 38.6 Å². The molecular weight excluding hydrogens is 306 g/mol. The third kappa shape index (κ3) is 3.28. The minimum atomic E-state index is -0.776. The third-order valence-corrected chi connectivity index (χ3v) is 3.60. The van der Waals surface area contributed by atoms with Crippen molar-refractivity contribution in [3.63, 3.8) is 0 Å². The number of carbonyl (C=O) groups is 3. The van der Waals surface area contributed by atoms with Crippen molar-refractivity contribution in [1.29, 1.82) is 0 Å². The van der Waals surface area contributed by atoms with Crippen molar-refractivity contribution in [2.75, 3.05) is 13.7 Å². The van der Waals surface area contributed by atoms with Crippen molar-refractivity contribution in [1.82, 2.24) is 14.7 Å². The lowest BCUT2D eigenvalue weighted by molar-refractivity contribution is -0.144. The molecule has 0 aromatic heterocycles. The molecule has 0 aliphatic carbocycles. The van der Waals surface area contributed by atoms with Gasteiger partial charge in [-0.2, -0.15) is 0 Å². The Hall–Kier alpha value is -1.92. The number of halogens is 1. The summed E-state index contributed by atoms with van der Waals surface area (Å²) in [6.07, 6.45) is 0. The number of imide groups is 2. The molecule has 22 heavy (non-hydrogen) atoms. The summed E-state index contributed by atoms with van der Waals surface area (Å²) in [6, 6.07) is 6.40. The number of hydrogen-bond donors (Lipinski definition) is 0. The maximum Gasteiger partial charge on any atom is 0.335 e. The van der Waals surface area contributed by atoms with Crippen LogP contribution in [0.5, 0.6) is 0 Å². The fraction of sp³-hybridized carbons (Fsp3) is 0.400. The molecule has 1 aromatic rings. The number of rotatable bonds is 5. The second-order valence-corrected chi connectivity index (χ2v) is 6.00. The Balaban J connectivity index is 2.03. The zero-order valence-corrected chi connectivity index (χ0v) is 13.5. The molecule has 0 unspecified atom stereocenters. The van der Waals surface area contributed by atoms with Crippen molar-refractivity contribution < 1.29 is 14.4 Å². The number of amides is 4. The van der Waals surface area contributed by atoms with Crippen LogP contribution in [0.1, 0.15) is 19.4 Å². The molecule has 4 amide bonds. The minimum Gasteiger partial charge on any atom is -0.284 e. The number of urea groups is 1. The summed E-state index contributed by atoms with van der Waals surface area (Å²) in [4.78, 5) is 39.7. The van der Waals surface area contributed by atoms with Crippen molar-refractivity contribution in [3.05, 3.63) is 34.9 Å². The average molecular weight is 324 g/mol. The van der Waals surface area contributed by atoms with Gasteiger partial charge in [0.25, 0.3) is 0 Å². The van der Waals surface area contributed by atoms with Crippen LogP contribution < -0.4 is 0 Å².